The molecule has 1 aromatic heterocycles. The van der Waals surface area contributed by atoms with Crippen LogP contribution < -0.4 is 0 Å². The molecule has 1 aliphatic carbocycles. The molecule has 0 N–H and O–H groups in total. The molecule has 6 nitrogen and oxygen atoms in total. The third kappa shape index (κ3) is 4.10. The molecular weight excluding hydrogens is 294 g/mol. The summed E-state index contributed by atoms with van der Waals surface area (Å²) in [4.78, 5) is 19.0. The molecule has 2 aliphatic rings. The Balaban J connectivity index is 1.64. The first-order valence-electron chi connectivity index (χ1n) is 8.89. The predicted octanol–water partition coefficient (Wildman–Crippen LogP) is 2.69. The highest BCUT2D eigenvalue weighted by atomic mass is 16.5. The van der Waals surface area contributed by atoms with E-state index in [1.54, 1.807) is 7.11 Å². The number of aromatic nitrogens is 2. The van der Waals surface area contributed by atoms with Crippen LogP contribution >= 0.6 is 0 Å². The van der Waals surface area contributed by atoms with E-state index in [0.717, 1.165) is 25.8 Å². The molecule has 1 unspecified atom stereocenters. The number of nitrogens with zero attached hydrogens (tertiary/aromatic N) is 3. The minimum Gasteiger partial charge on any atom is -0.384 e. The van der Waals surface area contributed by atoms with E-state index in [2.05, 4.69) is 15.0 Å². The zero-order valence-corrected chi connectivity index (χ0v) is 14.0. The highest BCUT2D eigenvalue weighted by molar-refractivity contribution is 5.77. The average molecular weight is 321 g/mol. The third-order valence-electron chi connectivity index (χ3n) is 5.07. The second kappa shape index (κ2) is 7.90. The SMILES string of the molecule is COCCc1noc(C2CCC(=O)N(C3CCCCCC3)C2)n1. The van der Waals surface area contributed by atoms with Gasteiger partial charge in [-0.2, -0.15) is 4.98 Å². The molecule has 1 saturated heterocycles. The van der Waals surface area contributed by atoms with E-state index in [1.807, 2.05) is 0 Å². The molecule has 0 aromatic carbocycles. The van der Waals surface area contributed by atoms with Crippen LogP contribution in [0.4, 0.5) is 0 Å². The van der Waals surface area contributed by atoms with Crippen LogP contribution in [0.2, 0.25) is 0 Å². The number of rotatable bonds is 5. The second-order valence-corrected chi connectivity index (χ2v) is 6.72. The van der Waals surface area contributed by atoms with Crippen LogP contribution in [-0.4, -0.2) is 47.3 Å². The summed E-state index contributed by atoms with van der Waals surface area (Å²) >= 11 is 0. The molecule has 1 aromatic rings. The van der Waals surface area contributed by atoms with Crippen LogP contribution in [0.5, 0.6) is 0 Å². The quantitative estimate of drug-likeness (QED) is 0.780. The van der Waals surface area contributed by atoms with Crippen molar-refractivity contribution in [3.05, 3.63) is 11.7 Å². The van der Waals surface area contributed by atoms with Crippen molar-refractivity contribution < 1.29 is 14.1 Å². The van der Waals surface area contributed by atoms with Crippen molar-refractivity contribution in [2.24, 2.45) is 0 Å². The fourth-order valence-corrected chi connectivity index (χ4v) is 3.72. The number of hydrogen-bond acceptors (Lipinski definition) is 5. The maximum atomic E-state index is 12.4. The molecule has 2 fully saturated rings. The number of carbonyl (C=O) groups excluding carboxylic acids is 1. The lowest BCUT2D eigenvalue weighted by atomic mass is 9.94. The van der Waals surface area contributed by atoms with Gasteiger partial charge in [0.1, 0.15) is 0 Å². The molecule has 1 amide bonds. The summed E-state index contributed by atoms with van der Waals surface area (Å²) in [5.41, 5.74) is 0. The Morgan fingerprint density at radius 3 is 2.74 bits per heavy atom. The Morgan fingerprint density at radius 2 is 2.00 bits per heavy atom. The average Bonchev–Trinajstić information content (AvgIpc) is 2.87. The van der Waals surface area contributed by atoms with Crippen LogP contribution in [0.3, 0.4) is 0 Å². The number of hydrogen-bond donors (Lipinski definition) is 0. The highest BCUT2D eigenvalue weighted by Crippen LogP contribution is 2.31. The zero-order valence-electron chi connectivity index (χ0n) is 14.0. The molecule has 3 rings (SSSR count). The van der Waals surface area contributed by atoms with Crippen molar-refractivity contribution in [3.63, 3.8) is 0 Å². The van der Waals surface area contributed by atoms with Crippen LogP contribution in [0.25, 0.3) is 0 Å². The molecule has 2 heterocycles. The van der Waals surface area contributed by atoms with Gasteiger partial charge in [0.2, 0.25) is 11.8 Å². The van der Waals surface area contributed by atoms with Crippen molar-refractivity contribution in [3.8, 4) is 0 Å². The summed E-state index contributed by atoms with van der Waals surface area (Å²) in [5, 5.41) is 4.03. The van der Waals surface area contributed by atoms with E-state index in [9.17, 15) is 4.79 Å². The highest BCUT2D eigenvalue weighted by Gasteiger charge is 2.34. The van der Waals surface area contributed by atoms with Gasteiger partial charge >= 0.3 is 0 Å². The molecule has 1 aliphatic heterocycles. The van der Waals surface area contributed by atoms with Gasteiger partial charge in [0.25, 0.3) is 0 Å². The third-order valence-corrected chi connectivity index (χ3v) is 5.07. The maximum absolute atomic E-state index is 12.4. The van der Waals surface area contributed by atoms with E-state index in [4.69, 9.17) is 9.26 Å². The van der Waals surface area contributed by atoms with Gasteiger partial charge in [0.05, 0.1) is 12.5 Å². The van der Waals surface area contributed by atoms with Gasteiger partial charge in [0.15, 0.2) is 5.82 Å². The Morgan fingerprint density at radius 1 is 1.22 bits per heavy atom. The van der Waals surface area contributed by atoms with Crippen molar-refractivity contribution in [1.82, 2.24) is 15.0 Å². The topological polar surface area (TPSA) is 68.5 Å². The largest absolute Gasteiger partial charge is 0.384 e. The predicted molar refractivity (Wildman–Crippen MR) is 85.1 cm³/mol. The Bertz CT molecular complexity index is 509. The van der Waals surface area contributed by atoms with Crippen LogP contribution in [0.1, 0.15) is 69.0 Å². The Kier molecular flexibility index (Phi) is 5.65. The molecule has 128 valence electrons. The Labute approximate surface area is 137 Å². The fraction of sp³-hybridized carbons (Fsp3) is 0.824. The summed E-state index contributed by atoms with van der Waals surface area (Å²) in [6, 6.07) is 0.406. The van der Waals surface area contributed by atoms with Gasteiger partial charge in [-0.05, 0) is 19.3 Å². The second-order valence-electron chi connectivity index (χ2n) is 6.72. The summed E-state index contributed by atoms with van der Waals surface area (Å²) in [7, 11) is 1.67. The molecule has 0 bridgehead atoms. The molecule has 1 saturated carbocycles. The molecular formula is C17H27N3O3. The lowest BCUT2D eigenvalue weighted by Gasteiger charge is -2.37. The molecule has 6 heteroatoms. The lowest BCUT2D eigenvalue weighted by Crippen LogP contribution is -2.45. The van der Waals surface area contributed by atoms with E-state index < -0.39 is 0 Å². The summed E-state index contributed by atoms with van der Waals surface area (Å²) in [5.74, 6) is 1.86. The van der Waals surface area contributed by atoms with Crippen molar-refractivity contribution in [2.45, 2.75) is 69.7 Å². The van der Waals surface area contributed by atoms with Gasteiger partial charge in [0, 0.05) is 32.5 Å². The summed E-state index contributed by atoms with van der Waals surface area (Å²) < 4.78 is 10.5. The molecule has 1 atom stereocenters. The zero-order chi connectivity index (χ0) is 16.1. The van der Waals surface area contributed by atoms with Gasteiger partial charge in [-0.15, -0.1) is 0 Å². The monoisotopic (exact) mass is 321 g/mol. The standard InChI is InChI=1S/C17H27N3O3/c1-22-11-10-15-18-17(23-19-15)13-8-9-16(21)20(12-13)14-6-4-2-3-5-7-14/h13-14H,2-12H2,1H3. The number of piperidine rings is 1. The molecule has 0 radical (unpaired) electrons. The summed E-state index contributed by atoms with van der Waals surface area (Å²) in [6.07, 6.45) is 9.43. The van der Waals surface area contributed by atoms with E-state index >= 15 is 0 Å². The van der Waals surface area contributed by atoms with Gasteiger partial charge < -0.3 is 14.2 Å². The smallest absolute Gasteiger partial charge is 0.231 e. The lowest BCUT2D eigenvalue weighted by molar-refractivity contribution is -0.136. The summed E-state index contributed by atoms with van der Waals surface area (Å²) in [6.45, 7) is 1.33. The van der Waals surface area contributed by atoms with Crippen molar-refractivity contribution >= 4 is 5.91 Å². The molecule has 0 spiro atoms. The van der Waals surface area contributed by atoms with Gasteiger partial charge in [-0.3, -0.25) is 4.79 Å². The van der Waals surface area contributed by atoms with E-state index in [1.165, 1.54) is 25.7 Å². The normalized spacial score (nSPS) is 24.0. The van der Waals surface area contributed by atoms with Crippen LogP contribution in [0, 0.1) is 0 Å². The van der Waals surface area contributed by atoms with Crippen molar-refractivity contribution in [1.29, 1.82) is 0 Å². The number of carbonyl (C=O) groups is 1. The minimum atomic E-state index is 0.180. The molecule has 23 heavy (non-hydrogen) atoms. The first-order valence-corrected chi connectivity index (χ1v) is 8.89. The van der Waals surface area contributed by atoms with Gasteiger partial charge in [-0.1, -0.05) is 30.8 Å². The van der Waals surface area contributed by atoms with Gasteiger partial charge in [-0.25, -0.2) is 0 Å². The first-order chi connectivity index (χ1) is 11.3. The van der Waals surface area contributed by atoms with Crippen LogP contribution in [0.15, 0.2) is 4.52 Å². The van der Waals surface area contributed by atoms with E-state index in [-0.39, 0.29) is 5.92 Å². The first kappa shape index (κ1) is 16.4. The number of ether oxygens (including phenoxy) is 1. The number of amides is 1. The maximum Gasteiger partial charge on any atom is 0.231 e. The number of methoxy groups -OCH3 is 1. The van der Waals surface area contributed by atoms with Crippen molar-refractivity contribution in [2.75, 3.05) is 20.3 Å². The minimum absolute atomic E-state index is 0.180. The van der Waals surface area contributed by atoms with E-state index in [0.29, 0.717) is 43.1 Å². The fourth-order valence-electron chi connectivity index (χ4n) is 3.72. The van der Waals surface area contributed by atoms with Crippen LogP contribution in [-0.2, 0) is 16.0 Å². The Hall–Kier alpha value is -1.43. The number of likely N-dealkylation sites (tertiary alicyclic amines) is 1.